The maximum Gasteiger partial charge on any atom is 0.143 e. The summed E-state index contributed by atoms with van der Waals surface area (Å²) in [5, 5.41) is 24.5. The van der Waals surface area contributed by atoms with Crippen LogP contribution in [0.15, 0.2) is 5.16 Å². The van der Waals surface area contributed by atoms with E-state index >= 15 is 0 Å². The van der Waals surface area contributed by atoms with Gasteiger partial charge in [0.2, 0.25) is 0 Å². The van der Waals surface area contributed by atoms with Crippen LogP contribution in [-0.4, -0.2) is 33.8 Å². The Kier molecular flexibility index (Phi) is 4.55. The van der Waals surface area contributed by atoms with E-state index in [0.717, 1.165) is 0 Å². The Bertz CT molecular complexity index is 231. The smallest absolute Gasteiger partial charge is 0.143 e. The number of rotatable bonds is 5. The van der Waals surface area contributed by atoms with Gasteiger partial charge in [-0.2, -0.15) is 0 Å². The van der Waals surface area contributed by atoms with E-state index in [1.165, 1.54) is 0 Å². The van der Waals surface area contributed by atoms with E-state index in [9.17, 15) is 5.11 Å². The molecule has 5 N–H and O–H groups in total. The molecule has 1 unspecified atom stereocenters. The molecule has 1 atom stereocenters. The fraction of sp³-hybridized carbons (Fsp3) is 0.900. The summed E-state index contributed by atoms with van der Waals surface area (Å²) in [6, 6.07) is 0. The van der Waals surface area contributed by atoms with Crippen molar-refractivity contribution < 1.29 is 10.3 Å². The average molecular weight is 217 g/mol. The van der Waals surface area contributed by atoms with Crippen LogP contribution in [-0.2, 0) is 0 Å². The standard InChI is InChI=1S/C10H23N3O2/c1-7(8(11)13-15)6-12-9(2,3)10(4,5)14/h7,12,14-15H,6H2,1-5H3,(H2,11,13). The highest BCUT2D eigenvalue weighted by molar-refractivity contribution is 5.82. The molecule has 0 heterocycles. The Hall–Kier alpha value is -0.810. The minimum Gasteiger partial charge on any atom is -0.409 e. The topological polar surface area (TPSA) is 90.9 Å². The first-order valence-electron chi connectivity index (χ1n) is 5.06. The Morgan fingerprint density at radius 1 is 1.40 bits per heavy atom. The predicted octanol–water partition coefficient (Wildman–Crippen LogP) is 0.508. The number of nitrogens with two attached hydrogens (primary N) is 1. The first-order chi connectivity index (χ1) is 6.62. The van der Waals surface area contributed by atoms with Crippen LogP contribution in [0.25, 0.3) is 0 Å². The van der Waals surface area contributed by atoms with Crippen molar-refractivity contribution in [2.45, 2.75) is 45.8 Å². The lowest BCUT2D eigenvalue weighted by Crippen LogP contribution is -2.57. The van der Waals surface area contributed by atoms with Gasteiger partial charge in [0.1, 0.15) is 5.84 Å². The highest BCUT2D eigenvalue weighted by Gasteiger charge is 2.34. The maximum absolute atomic E-state index is 9.88. The van der Waals surface area contributed by atoms with Crippen LogP contribution in [0, 0.1) is 5.92 Å². The molecule has 0 bridgehead atoms. The quantitative estimate of drug-likeness (QED) is 0.234. The molecule has 0 fully saturated rings. The van der Waals surface area contributed by atoms with Crippen LogP contribution in [0.5, 0.6) is 0 Å². The highest BCUT2D eigenvalue weighted by Crippen LogP contribution is 2.20. The summed E-state index contributed by atoms with van der Waals surface area (Å²) in [5.74, 6) is 0.116. The van der Waals surface area contributed by atoms with Crippen molar-refractivity contribution in [2.24, 2.45) is 16.8 Å². The number of hydrogen-bond acceptors (Lipinski definition) is 4. The molecule has 0 aromatic carbocycles. The molecule has 0 radical (unpaired) electrons. The summed E-state index contributed by atoms with van der Waals surface area (Å²) < 4.78 is 0. The third-order valence-electron chi connectivity index (χ3n) is 3.00. The van der Waals surface area contributed by atoms with E-state index in [4.69, 9.17) is 10.9 Å². The third kappa shape index (κ3) is 4.05. The van der Waals surface area contributed by atoms with Gasteiger partial charge in [-0.1, -0.05) is 12.1 Å². The lowest BCUT2D eigenvalue weighted by Gasteiger charge is -2.38. The van der Waals surface area contributed by atoms with E-state index < -0.39 is 11.1 Å². The molecule has 5 nitrogen and oxygen atoms in total. The summed E-state index contributed by atoms with van der Waals surface area (Å²) >= 11 is 0. The van der Waals surface area contributed by atoms with Gasteiger partial charge in [-0.05, 0) is 27.7 Å². The molecule has 0 aliphatic carbocycles. The van der Waals surface area contributed by atoms with Gasteiger partial charge in [-0.15, -0.1) is 0 Å². The molecule has 0 aromatic rings. The van der Waals surface area contributed by atoms with Crippen LogP contribution >= 0.6 is 0 Å². The molecule has 15 heavy (non-hydrogen) atoms. The van der Waals surface area contributed by atoms with Gasteiger partial charge in [0.05, 0.1) is 5.60 Å². The van der Waals surface area contributed by atoms with Crippen molar-refractivity contribution in [2.75, 3.05) is 6.54 Å². The Balaban J connectivity index is 4.28. The van der Waals surface area contributed by atoms with Crippen molar-refractivity contribution >= 4 is 5.84 Å². The zero-order chi connectivity index (χ0) is 12.3. The summed E-state index contributed by atoms with van der Waals surface area (Å²) in [6.45, 7) is 9.70. The number of oxime groups is 1. The van der Waals surface area contributed by atoms with Gasteiger partial charge in [0.25, 0.3) is 0 Å². The molecule has 0 aliphatic heterocycles. The van der Waals surface area contributed by atoms with Crippen molar-refractivity contribution in [3.63, 3.8) is 0 Å². The van der Waals surface area contributed by atoms with E-state index in [2.05, 4.69) is 10.5 Å². The minimum absolute atomic E-state index is 0.0726. The third-order valence-corrected chi connectivity index (χ3v) is 3.00. The lowest BCUT2D eigenvalue weighted by molar-refractivity contribution is -0.00497. The highest BCUT2D eigenvalue weighted by atomic mass is 16.4. The fourth-order valence-electron chi connectivity index (χ4n) is 0.828. The van der Waals surface area contributed by atoms with Gasteiger partial charge in [0, 0.05) is 18.0 Å². The zero-order valence-corrected chi connectivity index (χ0v) is 10.2. The molecule has 5 heteroatoms. The Morgan fingerprint density at radius 2 is 1.87 bits per heavy atom. The first-order valence-corrected chi connectivity index (χ1v) is 5.06. The fourth-order valence-corrected chi connectivity index (χ4v) is 0.828. The molecule has 0 saturated heterocycles. The molecular formula is C10H23N3O2. The van der Waals surface area contributed by atoms with Gasteiger partial charge in [-0.3, -0.25) is 0 Å². The van der Waals surface area contributed by atoms with Crippen LogP contribution in [0.3, 0.4) is 0 Å². The molecule has 0 spiro atoms. The molecule has 0 aromatic heterocycles. The second kappa shape index (κ2) is 4.81. The number of amidine groups is 1. The Labute approximate surface area is 91.4 Å². The predicted molar refractivity (Wildman–Crippen MR) is 61.0 cm³/mol. The van der Waals surface area contributed by atoms with Crippen molar-refractivity contribution in [3.05, 3.63) is 0 Å². The molecule has 0 aliphatic rings. The molecule has 0 saturated carbocycles. The second-order valence-electron chi connectivity index (χ2n) is 4.99. The SMILES string of the molecule is CC(CNC(C)(C)C(C)(C)O)C(N)=NO. The number of aliphatic hydroxyl groups is 1. The summed E-state index contributed by atoms with van der Waals surface area (Å²) in [6.07, 6.45) is 0. The molecule has 0 rings (SSSR count). The molecule has 0 amide bonds. The summed E-state index contributed by atoms with van der Waals surface area (Å²) in [7, 11) is 0. The molecular weight excluding hydrogens is 194 g/mol. The van der Waals surface area contributed by atoms with Gasteiger partial charge >= 0.3 is 0 Å². The van der Waals surface area contributed by atoms with E-state index in [-0.39, 0.29) is 11.8 Å². The maximum atomic E-state index is 9.88. The average Bonchev–Trinajstić information content (AvgIpc) is 2.11. The van der Waals surface area contributed by atoms with Gasteiger partial charge in [0.15, 0.2) is 0 Å². The number of nitrogens with zero attached hydrogens (tertiary/aromatic N) is 1. The normalized spacial score (nSPS) is 16.5. The summed E-state index contributed by atoms with van der Waals surface area (Å²) in [5.41, 5.74) is 4.18. The van der Waals surface area contributed by atoms with Crippen LogP contribution in [0.1, 0.15) is 34.6 Å². The van der Waals surface area contributed by atoms with Crippen LogP contribution < -0.4 is 11.1 Å². The van der Waals surface area contributed by atoms with Gasteiger partial charge < -0.3 is 21.4 Å². The lowest BCUT2D eigenvalue weighted by atomic mass is 9.85. The van der Waals surface area contributed by atoms with Gasteiger partial charge in [-0.25, -0.2) is 0 Å². The van der Waals surface area contributed by atoms with Crippen LogP contribution in [0.2, 0.25) is 0 Å². The van der Waals surface area contributed by atoms with Crippen LogP contribution in [0.4, 0.5) is 0 Å². The summed E-state index contributed by atoms with van der Waals surface area (Å²) in [4.78, 5) is 0. The van der Waals surface area contributed by atoms with Crippen molar-refractivity contribution in [3.8, 4) is 0 Å². The molecule has 90 valence electrons. The first kappa shape index (κ1) is 14.2. The van der Waals surface area contributed by atoms with Crippen molar-refractivity contribution in [1.82, 2.24) is 5.32 Å². The van der Waals surface area contributed by atoms with E-state index in [0.29, 0.717) is 6.54 Å². The van der Waals surface area contributed by atoms with E-state index in [1.54, 1.807) is 13.8 Å². The number of hydrogen-bond donors (Lipinski definition) is 4. The van der Waals surface area contributed by atoms with Crippen molar-refractivity contribution in [1.29, 1.82) is 0 Å². The monoisotopic (exact) mass is 217 g/mol. The largest absolute Gasteiger partial charge is 0.409 e. The Morgan fingerprint density at radius 3 is 2.20 bits per heavy atom. The second-order valence-corrected chi connectivity index (χ2v) is 4.99. The zero-order valence-electron chi connectivity index (χ0n) is 10.2. The van der Waals surface area contributed by atoms with E-state index in [1.807, 2.05) is 20.8 Å². The minimum atomic E-state index is -0.835. The number of nitrogens with one attached hydrogen (secondary N) is 1.